The van der Waals surface area contributed by atoms with Gasteiger partial charge in [0.2, 0.25) is 5.91 Å². The lowest BCUT2D eigenvalue weighted by Crippen LogP contribution is -2.30. The Bertz CT molecular complexity index is 390. The number of ether oxygens (including phenoxy) is 2. The lowest BCUT2D eigenvalue weighted by atomic mass is 10.5. The number of methoxy groups -OCH3 is 2. The molecule has 1 heterocycles. The van der Waals surface area contributed by atoms with Gasteiger partial charge >= 0.3 is 5.97 Å². The summed E-state index contributed by atoms with van der Waals surface area (Å²) >= 11 is 0. The van der Waals surface area contributed by atoms with Crippen molar-refractivity contribution in [1.82, 2.24) is 20.1 Å². The van der Waals surface area contributed by atoms with Crippen molar-refractivity contribution in [3.05, 3.63) is 12.2 Å². The minimum Gasteiger partial charge on any atom is -0.463 e. The van der Waals surface area contributed by atoms with Crippen LogP contribution in [0.3, 0.4) is 0 Å². The number of rotatable bonds is 6. The Morgan fingerprint density at radius 3 is 2.88 bits per heavy atom. The third-order valence-corrected chi connectivity index (χ3v) is 1.84. The van der Waals surface area contributed by atoms with Crippen LogP contribution in [0, 0.1) is 0 Å². The number of nitrogens with one attached hydrogen (secondary N) is 1. The van der Waals surface area contributed by atoms with Crippen LogP contribution >= 0.6 is 0 Å². The van der Waals surface area contributed by atoms with Gasteiger partial charge < -0.3 is 14.8 Å². The highest BCUT2D eigenvalue weighted by atomic mass is 16.5. The summed E-state index contributed by atoms with van der Waals surface area (Å²) < 4.78 is 10.5. The molecule has 0 saturated heterocycles. The first-order chi connectivity index (χ1) is 8.17. The van der Waals surface area contributed by atoms with E-state index >= 15 is 0 Å². The van der Waals surface area contributed by atoms with Gasteiger partial charge in [0, 0.05) is 13.7 Å². The van der Waals surface area contributed by atoms with Crippen LogP contribution in [0.4, 0.5) is 0 Å². The highest BCUT2D eigenvalue weighted by molar-refractivity contribution is 5.84. The average Bonchev–Trinajstić information content (AvgIpc) is 2.77. The molecule has 0 spiro atoms. The SMILES string of the molecule is COCCNC(=O)Cn1cnc(C(=O)OC)n1. The minimum absolute atomic E-state index is 0.00624. The van der Waals surface area contributed by atoms with E-state index in [-0.39, 0.29) is 18.3 Å². The molecule has 0 atom stereocenters. The van der Waals surface area contributed by atoms with Crippen molar-refractivity contribution in [3.8, 4) is 0 Å². The van der Waals surface area contributed by atoms with Crippen molar-refractivity contribution in [2.75, 3.05) is 27.4 Å². The predicted molar refractivity (Wildman–Crippen MR) is 56.2 cm³/mol. The Kier molecular flexibility index (Phi) is 5.08. The average molecular weight is 242 g/mol. The molecular formula is C9H14N4O4. The number of hydrogen-bond donors (Lipinski definition) is 1. The van der Waals surface area contributed by atoms with Gasteiger partial charge in [-0.3, -0.25) is 4.79 Å². The molecule has 94 valence electrons. The summed E-state index contributed by atoms with van der Waals surface area (Å²) in [7, 11) is 2.78. The number of hydrogen-bond acceptors (Lipinski definition) is 6. The van der Waals surface area contributed by atoms with Gasteiger partial charge in [-0.1, -0.05) is 0 Å². The molecular weight excluding hydrogens is 228 g/mol. The molecule has 0 aromatic carbocycles. The van der Waals surface area contributed by atoms with E-state index in [1.54, 1.807) is 7.11 Å². The zero-order valence-electron chi connectivity index (χ0n) is 9.67. The fourth-order valence-corrected chi connectivity index (χ4v) is 1.05. The van der Waals surface area contributed by atoms with Crippen molar-refractivity contribution in [3.63, 3.8) is 0 Å². The Balaban J connectivity index is 2.43. The Labute approximate surface area is 97.9 Å². The molecule has 8 heteroatoms. The molecule has 1 aromatic heterocycles. The molecule has 0 aliphatic heterocycles. The maximum absolute atomic E-state index is 11.4. The van der Waals surface area contributed by atoms with Gasteiger partial charge in [-0.05, 0) is 0 Å². The van der Waals surface area contributed by atoms with Crippen LogP contribution in [0.2, 0.25) is 0 Å². The molecule has 8 nitrogen and oxygen atoms in total. The topological polar surface area (TPSA) is 95.3 Å². The van der Waals surface area contributed by atoms with Crippen molar-refractivity contribution >= 4 is 11.9 Å². The second kappa shape index (κ2) is 6.59. The van der Waals surface area contributed by atoms with Crippen LogP contribution in [-0.4, -0.2) is 54.0 Å². The van der Waals surface area contributed by atoms with Crippen molar-refractivity contribution in [2.45, 2.75) is 6.54 Å². The fraction of sp³-hybridized carbons (Fsp3) is 0.556. The van der Waals surface area contributed by atoms with Crippen molar-refractivity contribution in [2.24, 2.45) is 0 Å². The van der Waals surface area contributed by atoms with Crippen LogP contribution < -0.4 is 5.32 Å². The van der Waals surface area contributed by atoms with E-state index in [1.165, 1.54) is 18.1 Å². The molecule has 0 aliphatic carbocycles. The summed E-state index contributed by atoms with van der Waals surface area (Å²) in [5.74, 6) is -0.941. The van der Waals surface area contributed by atoms with Crippen LogP contribution in [0.1, 0.15) is 10.6 Å². The first-order valence-corrected chi connectivity index (χ1v) is 4.90. The third kappa shape index (κ3) is 4.19. The van der Waals surface area contributed by atoms with Gasteiger partial charge in [-0.2, -0.15) is 0 Å². The Morgan fingerprint density at radius 2 is 2.24 bits per heavy atom. The maximum atomic E-state index is 11.4. The highest BCUT2D eigenvalue weighted by Gasteiger charge is 2.12. The maximum Gasteiger partial charge on any atom is 0.377 e. The van der Waals surface area contributed by atoms with E-state index < -0.39 is 5.97 Å². The predicted octanol–water partition coefficient (Wildman–Crippen LogP) is -1.17. The van der Waals surface area contributed by atoms with E-state index in [0.717, 1.165) is 0 Å². The summed E-state index contributed by atoms with van der Waals surface area (Å²) in [6.07, 6.45) is 1.29. The van der Waals surface area contributed by atoms with Crippen LogP contribution in [0.25, 0.3) is 0 Å². The summed E-state index contributed by atoms with van der Waals surface area (Å²) in [6, 6.07) is 0. The number of carbonyl (C=O) groups excluding carboxylic acids is 2. The number of amides is 1. The molecule has 1 rings (SSSR count). The van der Waals surface area contributed by atoms with Gasteiger partial charge in [0.25, 0.3) is 5.82 Å². The van der Waals surface area contributed by atoms with Gasteiger partial charge in [0.1, 0.15) is 12.9 Å². The normalized spacial score (nSPS) is 10.0. The van der Waals surface area contributed by atoms with Crippen molar-refractivity contribution < 1.29 is 19.1 Å². The standard InChI is InChI=1S/C9H14N4O4/c1-16-4-3-10-7(14)5-13-6-11-8(12-13)9(15)17-2/h6H,3-5H2,1-2H3,(H,10,14). The molecule has 1 aromatic rings. The molecule has 0 radical (unpaired) electrons. The van der Waals surface area contributed by atoms with Crippen molar-refractivity contribution in [1.29, 1.82) is 0 Å². The number of nitrogens with zero attached hydrogens (tertiary/aromatic N) is 3. The quantitative estimate of drug-likeness (QED) is 0.498. The lowest BCUT2D eigenvalue weighted by molar-refractivity contribution is -0.122. The molecule has 0 saturated carbocycles. The molecule has 1 N–H and O–H groups in total. The monoisotopic (exact) mass is 242 g/mol. The Hall–Kier alpha value is -1.96. The molecule has 17 heavy (non-hydrogen) atoms. The number of carbonyl (C=O) groups is 2. The smallest absolute Gasteiger partial charge is 0.377 e. The Morgan fingerprint density at radius 1 is 1.47 bits per heavy atom. The number of aromatic nitrogens is 3. The minimum atomic E-state index is -0.636. The van der Waals surface area contributed by atoms with E-state index in [1.807, 2.05) is 0 Å². The van der Waals surface area contributed by atoms with Gasteiger partial charge in [-0.15, -0.1) is 5.10 Å². The molecule has 0 bridgehead atoms. The molecule has 0 unspecified atom stereocenters. The van der Waals surface area contributed by atoms with E-state index in [0.29, 0.717) is 13.2 Å². The first-order valence-electron chi connectivity index (χ1n) is 4.90. The summed E-state index contributed by atoms with van der Waals surface area (Å²) in [5, 5.41) is 6.40. The van der Waals surface area contributed by atoms with Gasteiger partial charge in [0.15, 0.2) is 0 Å². The highest BCUT2D eigenvalue weighted by Crippen LogP contribution is 1.92. The lowest BCUT2D eigenvalue weighted by Gasteiger charge is -2.03. The molecule has 0 aliphatic rings. The first kappa shape index (κ1) is 13.1. The van der Waals surface area contributed by atoms with E-state index in [9.17, 15) is 9.59 Å². The molecule has 1 amide bonds. The number of esters is 1. The zero-order valence-corrected chi connectivity index (χ0v) is 9.67. The fourth-order valence-electron chi connectivity index (χ4n) is 1.05. The van der Waals surface area contributed by atoms with E-state index in [2.05, 4.69) is 20.1 Å². The molecule has 0 fully saturated rings. The third-order valence-electron chi connectivity index (χ3n) is 1.84. The van der Waals surface area contributed by atoms with Gasteiger partial charge in [0.05, 0.1) is 13.7 Å². The van der Waals surface area contributed by atoms with E-state index in [4.69, 9.17) is 4.74 Å². The van der Waals surface area contributed by atoms with Crippen LogP contribution in [0.15, 0.2) is 6.33 Å². The zero-order chi connectivity index (χ0) is 12.7. The second-order valence-electron chi connectivity index (χ2n) is 3.10. The summed E-state index contributed by atoms with van der Waals surface area (Å²) in [4.78, 5) is 26.1. The largest absolute Gasteiger partial charge is 0.463 e. The van der Waals surface area contributed by atoms with Gasteiger partial charge in [-0.25, -0.2) is 14.5 Å². The van der Waals surface area contributed by atoms with Crippen LogP contribution in [-0.2, 0) is 20.8 Å². The summed E-state index contributed by atoms with van der Waals surface area (Å²) in [6.45, 7) is 0.859. The summed E-state index contributed by atoms with van der Waals surface area (Å²) in [5.41, 5.74) is 0. The van der Waals surface area contributed by atoms with Crippen LogP contribution in [0.5, 0.6) is 0 Å². The second-order valence-corrected chi connectivity index (χ2v) is 3.10.